The molecule has 1 aromatic carbocycles. The topological polar surface area (TPSA) is 59.1 Å². The lowest BCUT2D eigenvalue weighted by Gasteiger charge is -2.06. The predicted octanol–water partition coefficient (Wildman–Crippen LogP) is 2.90. The molecular weight excluding hydrogens is 292 g/mol. The average Bonchev–Trinajstić information content (AvgIpc) is 2.85. The van der Waals surface area contributed by atoms with Gasteiger partial charge >= 0.3 is 0 Å². The molecule has 0 fully saturated rings. The summed E-state index contributed by atoms with van der Waals surface area (Å²) in [6, 6.07) is 6.89. The van der Waals surface area contributed by atoms with Gasteiger partial charge in [-0.2, -0.15) is 0 Å². The molecule has 0 radical (unpaired) electrons. The van der Waals surface area contributed by atoms with Gasteiger partial charge in [0.25, 0.3) is 0 Å². The molecule has 0 unspecified atom stereocenters. The first-order valence-electron chi connectivity index (χ1n) is 6.49. The summed E-state index contributed by atoms with van der Waals surface area (Å²) < 4.78 is 23.4. The van der Waals surface area contributed by atoms with Crippen LogP contribution in [0, 0.1) is 6.92 Å². The van der Waals surface area contributed by atoms with E-state index in [0.717, 1.165) is 29.4 Å². The van der Waals surface area contributed by atoms with Crippen LogP contribution < -0.4 is 5.32 Å². The third-order valence-corrected chi connectivity index (χ3v) is 5.54. The summed E-state index contributed by atoms with van der Waals surface area (Å²) in [4.78, 5) is 4.77. The lowest BCUT2D eigenvalue weighted by molar-refractivity contribution is 0.597. The van der Waals surface area contributed by atoms with Gasteiger partial charge < -0.3 is 5.32 Å². The van der Waals surface area contributed by atoms with Crippen LogP contribution in [-0.2, 0) is 16.3 Å². The van der Waals surface area contributed by atoms with Crippen LogP contribution in [0.5, 0.6) is 0 Å². The Kier molecular flexibility index (Phi) is 4.77. The second kappa shape index (κ2) is 6.37. The normalized spacial score (nSPS) is 11.5. The third-order valence-electron chi connectivity index (χ3n) is 2.97. The molecule has 0 saturated carbocycles. The van der Waals surface area contributed by atoms with E-state index < -0.39 is 9.84 Å². The molecule has 1 heterocycles. The van der Waals surface area contributed by atoms with Gasteiger partial charge in [0.1, 0.15) is 0 Å². The summed E-state index contributed by atoms with van der Waals surface area (Å²) in [5, 5.41) is 6.41. The fourth-order valence-electron chi connectivity index (χ4n) is 1.80. The second-order valence-electron chi connectivity index (χ2n) is 4.46. The third kappa shape index (κ3) is 3.80. The zero-order valence-corrected chi connectivity index (χ0v) is 13.2. The molecular formula is C14H18N2O2S2. The molecule has 0 aliphatic carbocycles. The molecule has 0 aliphatic heterocycles. The van der Waals surface area contributed by atoms with Crippen LogP contribution >= 0.6 is 11.3 Å². The molecule has 4 nitrogen and oxygen atoms in total. The van der Waals surface area contributed by atoms with E-state index in [2.05, 4.69) is 15.7 Å². The Morgan fingerprint density at radius 1 is 1.25 bits per heavy atom. The summed E-state index contributed by atoms with van der Waals surface area (Å²) in [6.07, 6.45) is 0.860. The number of thiazole rings is 1. The molecule has 0 aliphatic rings. The molecule has 0 saturated heterocycles. The minimum Gasteiger partial charge on any atom is -0.385 e. The standard InChI is InChI=1S/C14H18N2O2S2/c1-3-20(17,18)14-6-4-12(5-7-14)15-9-8-13-10-19-11(2)16-13/h4-7,10,15H,3,8-9H2,1-2H3. The fourth-order valence-corrected chi connectivity index (χ4v) is 3.34. The van der Waals surface area contributed by atoms with Crippen molar-refractivity contribution in [3.63, 3.8) is 0 Å². The van der Waals surface area contributed by atoms with Crippen molar-refractivity contribution in [2.75, 3.05) is 17.6 Å². The van der Waals surface area contributed by atoms with E-state index in [4.69, 9.17) is 0 Å². The van der Waals surface area contributed by atoms with Crippen LogP contribution in [0.15, 0.2) is 34.5 Å². The number of sulfone groups is 1. The monoisotopic (exact) mass is 310 g/mol. The van der Waals surface area contributed by atoms with Gasteiger partial charge in [-0.15, -0.1) is 11.3 Å². The van der Waals surface area contributed by atoms with Crippen LogP contribution in [0.25, 0.3) is 0 Å². The Bertz CT molecular complexity index is 661. The van der Waals surface area contributed by atoms with Gasteiger partial charge in [0.15, 0.2) is 9.84 Å². The number of nitrogens with one attached hydrogen (secondary N) is 1. The summed E-state index contributed by atoms with van der Waals surface area (Å²) >= 11 is 1.65. The molecule has 2 rings (SSSR count). The van der Waals surface area contributed by atoms with Crippen LogP contribution in [0.2, 0.25) is 0 Å². The highest BCUT2D eigenvalue weighted by Gasteiger charge is 2.10. The number of benzene rings is 1. The van der Waals surface area contributed by atoms with Crippen molar-refractivity contribution >= 4 is 26.9 Å². The average molecular weight is 310 g/mol. The van der Waals surface area contributed by atoms with Crippen molar-refractivity contribution in [3.05, 3.63) is 40.3 Å². The predicted molar refractivity (Wildman–Crippen MR) is 83.2 cm³/mol. The summed E-state index contributed by atoms with van der Waals surface area (Å²) in [5.74, 6) is 0.128. The number of aryl methyl sites for hydroxylation is 1. The first-order valence-corrected chi connectivity index (χ1v) is 9.02. The van der Waals surface area contributed by atoms with E-state index in [9.17, 15) is 8.42 Å². The molecule has 2 aromatic rings. The maximum atomic E-state index is 11.7. The van der Waals surface area contributed by atoms with Gasteiger partial charge in [0.05, 0.1) is 21.3 Å². The van der Waals surface area contributed by atoms with Crippen molar-refractivity contribution in [2.24, 2.45) is 0 Å². The van der Waals surface area contributed by atoms with Crippen LogP contribution in [0.4, 0.5) is 5.69 Å². The van der Waals surface area contributed by atoms with E-state index >= 15 is 0 Å². The van der Waals surface area contributed by atoms with Crippen molar-refractivity contribution in [1.29, 1.82) is 0 Å². The van der Waals surface area contributed by atoms with Gasteiger partial charge in [0.2, 0.25) is 0 Å². The Morgan fingerprint density at radius 2 is 1.95 bits per heavy atom. The first kappa shape index (κ1) is 15.0. The lowest BCUT2D eigenvalue weighted by Crippen LogP contribution is -2.06. The molecule has 108 valence electrons. The van der Waals surface area contributed by atoms with Crippen molar-refractivity contribution in [1.82, 2.24) is 4.98 Å². The van der Waals surface area contributed by atoms with Crippen molar-refractivity contribution < 1.29 is 8.42 Å². The summed E-state index contributed by atoms with van der Waals surface area (Å²) in [6.45, 7) is 4.43. The van der Waals surface area contributed by atoms with E-state index in [1.54, 1.807) is 42.5 Å². The van der Waals surface area contributed by atoms with E-state index in [1.165, 1.54) is 0 Å². The molecule has 1 aromatic heterocycles. The minimum atomic E-state index is -3.11. The van der Waals surface area contributed by atoms with Crippen molar-refractivity contribution in [2.45, 2.75) is 25.2 Å². The molecule has 0 bridgehead atoms. The number of nitrogens with zero attached hydrogens (tertiary/aromatic N) is 1. The number of aromatic nitrogens is 1. The van der Waals surface area contributed by atoms with E-state index in [1.807, 2.05) is 6.92 Å². The second-order valence-corrected chi connectivity index (χ2v) is 7.80. The van der Waals surface area contributed by atoms with Crippen molar-refractivity contribution in [3.8, 4) is 0 Å². The summed E-state index contributed by atoms with van der Waals surface area (Å²) in [5.41, 5.74) is 2.01. The van der Waals surface area contributed by atoms with E-state index in [-0.39, 0.29) is 5.75 Å². The molecule has 0 spiro atoms. The molecule has 0 atom stereocenters. The Hall–Kier alpha value is -1.40. The zero-order chi connectivity index (χ0) is 14.6. The quantitative estimate of drug-likeness (QED) is 0.891. The smallest absolute Gasteiger partial charge is 0.178 e. The minimum absolute atomic E-state index is 0.128. The fraction of sp³-hybridized carbons (Fsp3) is 0.357. The Labute approximate surface area is 123 Å². The van der Waals surface area contributed by atoms with Crippen LogP contribution in [0.1, 0.15) is 17.6 Å². The first-order chi connectivity index (χ1) is 9.51. The number of hydrogen-bond donors (Lipinski definition) is 1. The number of anilines is 1. The maximum absolute atomic E-state index is 11.7. The lowest BCUT2D eigenvalue weighted by atomic mass is 10.3. The SMILES string of the molecule is CCS(=O)(=O)c1ccc(NCCc2csc(C)n2)cc1. The molecule has 20 heavy (non-hydrogen) atoms. The Morgan fingerprint density at radius 3 is 2.50 bits per heavy atom. The zero-order valence-electron chi connectivity index (χ0n) is 11.6. The maximum Gasteiger partial charge on any atom is 0.178 e. The van der Waals surface area contributed by atoms with Crippen LogP contribution in [-0.4, -0.2) is 25.7 Å². The summed E-state index contributed by atoms with van der Waals surface area (Å²) in [7, 11) is -3.11. The highest BCUT2D eigenvalue weighted by Crippen LogP contribution is 2.15. The highest BCUT2D eigenvalue weighted by atomic mass is 32.2. The molecule has 1 N–H and O–H groups in total. The Balaban J connectivity index is 1.91. The van der Waals surface area contributed by atoms with Gasteiger partial charge in [-0.3, -0.25) is 0 Å². The highest BCUT2D eigenvalue weighted by molar-refractivity contribution is 7.91. The molecule has 6 heteroatoms. The van der Waals surface area contributed by atoms with Gasteiger partial charge in [-0.05, 0) is 31.2 Å². The van der Waals surface area contributed by atoms with Crippen LogP contribution in [0.3, 0.4) is 0 Å². The van der Waals surface area contributed by atoms with Gasteiger partial charge in [-0.1, -0.05) is 6.92 Å². The number of rotatable bonds is 6. The largest absolute Gasteiger partial charge is 0.385 e. The molecule has 0 amide bonds. The number of hydrogen-bond acceptors (Lipinski definition) is 5. The van der Waals surface area contributed by atoms with Gasteiger partial charge in [-0.25, -0.2) is 13.4 Å². The van der Waals surface area contributed by atoms with E-state index in [0.29, 0.717) is 4.90 Å². The van der Waals surface area contributed by atoms with Gasteiger partial charge in [0, 0.05) is 24.0 Å².